The molecule has 0 spiro atoms. The van der Waals surface area contributed by atoms with E-state index >= 15 is 0 Å². The zero-order chi connectivity index (χ0) is 9.64. The van der Waals surface area contributed by atoms with E-state index < -0.39 is 11.6 Å². The summed E-state index contributed by atoms with van der Waals surface area (Å²) in [7, 11) is 0. The second kappa shape index (κ2) is 2.59. The zero-order valence-electron chi connectivity index (χ0n) is 6.58. The van der Waals surface area contributed by atoms with Gasteiger partial charge in [0.05, 0.1) is 0 Å². The van der Waals surface area contributed by atoms with Gasteiger partial charge >= 0.3 is 5.97 Å². The highest BCUT2D eigenvalue weighted by Gasteiger charge is 2.46. The Kier molecular flexibility index (Phi) is 1.75. The van der Waals surface area contributed by atoms with Crippen molar-refractivity contribution in [3.05, 3.63) is 22.1 Å². The van der Waals surface area contributed by atoms with Gasteiger partial charge in [0.15, 0.2) is 10.3 Å². The van der Waals surface area contributed by atoms with E-state index in [2.05, 4.69) is 15.9 Å². The number of fused-ring (bicyclic) bond motifs is 1. The van der Waals surface area contributed by atoms with Crippen LogP contribution in [-0.4, -0.2) is 16.2 Å². The average molecular weight is 247 g/mol. The van der Waals surface area contributed by atoms with Gasteiger partial charge in [-0.1, -0.05) is 0 Å². The lowest BCUT2D eigenvalue weighted by Crippen LogP contribution is -2.32. The molecule has 1 unspecified atom stereocenters. The van der Waals surface area contributed by atoms with Gasteiger partial charge in [0.1, 0.15) is 5.76 Å². The number of furan rings is 1. The molecular weight excluding hydrogens is 240 g/mol. The van der Waals surface area contributed by atoms with Crippen molar-refractivity contribution in [1.82, 2.24) is 0 Å². The van der Waals surface area contributed by atoms with Crippen LogP contribution in [0.4, 0.5) is 0 Å². The van der Waals surface area contributed by atoms with Crippen LogP contribution in [0.15, 0.2) is 15.2 Å². The molecule has 0 aromatic carbocycles. The summed E-state index contributed by atoms with van der Waals surface area (Å²) in [5.74, 6) is -0.670. The molecule has 1 heterocycles. The molecule has 0 aliphatic heterocycles. The van der Waals surface area contributed by atoms with Crippen LogP contribution < -0.4 is 0 Å². The van der Waals surface area contributed by atoms with Crippen molar-refractivity contribution in [2.75, 3.05) is 0 Å². The molecule has 5 heteroatoms. The predicted molar refractivity (Wildman–Crippen MR) is 46.3 cm³/mol. The minimum atomic E-state index is -1.76. The second-order valence-corrected chi connectivity index (χ2v) is 3.83. The molecule has 0 saturated carbocycles. The lowest BCUT2D eigenvalue weighted by molar-refractivity contribution is -0.159. The fourth-order valence-electron chi connectivity index (χ4n) is 1.58. The highest BCUT2D eigenvalue weighted by molar-refractivity contribution is 9.10. The van der Waals surface area contributed by atoms with E-state index in [0.29, 0.717) is 22.4 Å². The van der Waals surface area contributed by atoms with Crippen molar-refractivity contribution in [3.8, 4) is 0 Å². The standard InChI is InChI=1S/C8H7BrO4/c9-6-3-4-5(13-6)1-2-8(4,12)7(10)11/h3,12H,1-2H2,(H,10,11). The first-order chi connectivity index (χ1) is 6.04. The number of carbonyl (C=O) groups is 1. The molecule has 0 fully saturated rings. The summed E-state index contributed by atoms with van der Waals surface area (Å²) >= 11 is 3.09. The van der Waals surface area contributed by atoms with Gasteiger partial charge in [0, 0.05) is 12.0 Å². The van der Waals surface area contributed by atoms with Gasteiger partial charge in [0.25, 0.3) is 0 Å². The maximum Gasteiger partial charge on any atom is 0.340 e. The molecular formula is C8H7BrO4. The number of carboxylic acid groups (broad SMARTS) is 1. The summed E-state index contributed by atoms with van der Waals surface area (Å²) in [4.78, 5) is 10.8. The number of aliphatic carboxylic acids is 1. The van der Waals surface area contributed by atoms with Gasteiger partial charge in [-0.2, -0.15) is 0 Å². The molecule has 2 rings (SSSR count). The first-order valence-corrected chi connectivity index (χ1v) is 4.58. The molecule has 13 heavy (non-hydrogen) atoms. The Balaban J connectivity index is 2.53. The van der Waals surface area contributed by atoms with E-state index in [1.54, 1.807) is 0 Å². The molecule has 1 aliphatic carbocycles. The maximum absolute atomic E-state index is 10.8. The lowest BCUT2D eigenvalue weighted by atomic mass is 9.99. The van der Waals surface area contributed by atoms with Crippen molar-refractivity contribution >= 4 is 21.9 Å². The van der Waals surface area contributed by atoms with Crippen molar-refractivity contribution in [1.29, 1.82) is 0 Å². The molecule has 70 valence electrons. The average Bonchev–Trinajstić information content (AvgIpc) is 2.53. The number of carboxylic acids is 1. The minimum absolute atomic E-state index is 0.184. The highest BCUT2D eigenvalue weighted by Crippen LogP contribution is 2.40. The summed E-state index contributed by atoms with van der Waals surface area (Å²) in [6.07, 6.45) is 0.646. The second-order valence-electron chi connectivity index (χ2n) is 3.05. The Bertz CT molecular complexity index is 370. The topological polar surface area (TPSA) is 70.7 Å². The SMILES string of the molecule is O=C(O)C1(O)CCc2oc(Br)cc21. The lowest BCUT2D eigenvalue weighted by Gasteiger charge is -2.15. The number of hydrogen-bond acceptors (Lipinski definition) is 3. The number of hydrogen-bond donors (Lipinski definition) is 2. The van der Waals surface area contributed by atoms with Crippen LogP contribution in [0, 0.1) is 0 Å². The van der Waals surface area contributed by atoms with E-state index in [1.165, 1.54) is 6.07 Å². The third-order valence-electron chi connectivity index (χ3n) is 2.29. The number of aryl methyl sites for hydroxylation is 1. The Morgan fingerprint density at radius 2 is 2.38 bits per heavy atom. The molecule has 1 aromatic rings. The minimum Gasteiger partial charge on any atom is -0.479 e. The van der Waals surface area contributed by atoms with Crippen molar-refractivity contribution < 1.29 is 19.4 Å². The third-order valence-corrected chi connectivity index (χ3v) is 2.68. The molecule has 1 aromatic heterocycles. The monoisotopic (exact) mass is 246 g/mol. The van der Waals surface area contributed by atoms with Gasteiger partial charge in [-0.3, -0.25) is 0 Å². The summed E-state index contributed by atoms with van der Waals surface area (Å²) in [5, 5.41) is 18.6. The summed E-state index contributed by atoms with van der Waals surface area (Å²) < 4.78 is 5.62. The van der Waals surface area contributed by atoms with Crippen molar-refractivity contribution in [2.45, 2.75) is 18.4 Å². The summed E-state index contributed by atoms with van der Waals surface area (Å²) in [6.45, 7) is 0. The van der Waals surface area contributed by atoms with Crippen molar-refractivity contribution in [2.24, 2.45) is 0 Å². The van der Waals surface area contributed by atoms with Gasteiger partial charge in [-0.05, 0) is 28.4 Å². The molecule has 0 saturated heterocycles. The van der Waals surface area contributed by atoms with Crippen LogP contribution in [0.5, 0.6) is 0 Å². The van der Waals surface area contributed by atoms with E-state index in [4.69, 9.17) is 9.52 Å². The van der Waals surface area contributed by atoms with Gasteiger partial charge in [0.2, 0.25) is 0 Å². The van der Waals surface area contributed by atoms with E-state index in [9.17, 15) is 9.90 Å². The molecule has 4 nitrogen and oxygen atoms in total. The fraction of sp³-hybridized carbons (Fsp3) is 0.375. The molecule has 1 atom stereocenters. The van der Waals surface area contributed by atoms with Crippen LogP contribution in [0.3, 0.4) is 0 Å². The van der Waals surface area contributed by atoms with Crippen LogP contribution in [-0.2, 0) is 16.8 Å². The molecule has 2 N–H and O–H groups in total. The molecule has 0 radical (unpaired) electrons. The number of halogens is 1. The fourth-order valence-corrected chi connectivity index (χ4v) is 2.01. The maximum atomic E-state index is 10.8. The third kappa shape index (κ3) is 1.11. The largest absolute Gasteiger partial charge is 0.479 e. The van der Waals surface area contributed by atoms with Gasteiger partial charge in [-0.25, -0.2) is 4.79 Å². The van der Waals surface area contributed by atoms with E-state index in [1.807, 2.05) is 0 Å². The summed E-state index contributed by atoms with van der Waals surface area (Å²) in [6, 6.07) is 1.51. The molecule has 0 bridgehead atoms. The Labute approximate surface area is 82.3 Å². The Hall–Kier alpha value is -0.810. The quantitative estimate of drug-likeness (QED) is 0.783. The highest BCUT2D eigenvalue weighted by atomic mass is 79.9. The first-order valence-electron chi connectivity index (χ1n) is 3.78. The predicted octanol–water partition coefficient (Wildman–Crippen LogP) is 1.26. The molecule has 1 aliphatic rings. The zero-order valence-corrected chi connectivity index (χ0v) is 8.17. The van der Waals surface area contributed by atoms with E-state index in [-0.39, 0.29) is 6.42 Å². The van der Waals surface area contributed by atoms with Crippen LogP contribution >= 0.6 is 15.9 Å². The van der Waals surface area contributed by atoms with Crippen LogP contribution in [0.25, 0.3) is 0 Å². The van der Waals surface area contributed by atoms with Crippen LogP contribution in [0.2, 0.25) is 0 Å². The van der Waals surface area contributed by atoms with E-state index in [0.717, 1.165) is 0 Å². The Morgan fingerprint density at radius 3 is 3.00 bits per heavy atom. The number of aliphatic hydroxyl groups is 1. The van der Waals surface area contributed by atoms with Gasteiger partial charge in [-0.15, -0.1) is 0 Å². The smallest absolute Gasteiger partial charge is 0.340 e. The normalized spacial score (nSPS) is 26.0. The Morgan fingerprint density at radius 1 is 1.69 bits per heavy atom. The summed E-state index contributed by atoms with van der Waals surface area (Å²) in [5.41, 5.74) is -1.39. The first kappa shape index (κ1) is 8.77. The molecule has 0 amide bonds. The van der Waals surface area contributed by atoms with Crippen LogP contribution in [0.1, 0.15) is 17.7 Å². The van der Waals surface area contributed by atoms with Gasteiger partial charge < -0.3 is 14.6 Å². The van der Waals surface area contributed by atoms with Crippen molar-refractivity contribution in [3.63, 3.8) is 0 Å². The number of rotatable bonds is 1.